The lowest BCUT2D eigenvalue weighted by Gasteiger charge is -2.30. The Morgan fingerprint density at radius 2 is 2.21 bits per heavy atom. The Balaban J connectivity index is 2.24. The van der Waals surface area contributed by atoms with E-state index in [-0.39, 0.29) is 21.9 Å². The summed E-state index contributed by atoms with van der Waals surface area (Å²) in [6, 6.07) is 3.16. The Bertz CT molecular complexity index is 565. The smallest absolute Gasteiger partial charge is 0.242 e. The number of piperidine rings is 1. The van der Waals surface area contributed by atoms with Crippen LogP contribution >= 0.6 is 11.6 Å². The molecule has 2 N–H and O–H groups in total. The van der Waals surface area contributed by atoms with Gasteiger partial charge in [0, 0.05) is 6.04 Å². The van der Waals surface area contributed by atoms with E-state index in [1.165, 1.54) is 6.07 Å². The fourth-order valence-electron chi connectivity index (χ4n) is 2.14. The maximum Gasteiger partial charge on any atom is 0.242 e. The second-order valence-electron chi connectivity index (χ2n) is 4.77. The standard InChI is InChI=1S/C12H16ClFN2O2S/c1-8-7-15-5-4-11(8)16-19(17,18)12-6-9(14)2-3-10(12)13/h2-3,6,8,11,15-16H,4-5,7H2,1H3. The second-order valence-corrected chi connectivity index (χ2v) is 6.86. The number of rotatable bonds is 3. The number of nitrogens with one attached hydrogen (secondary N) is 2. The van der Waals surface area contributed by atoms with Crippen LogP contribution < -0.4 is 10.0 Å². The number of sulfonamides is 1. The molecule has 1 heterocycles. The molecule has 1 aromatic rings. The van der Waals surface area contributed by atoms with Crippen molar-refractivity contribution in [1.29, 1.82) is 0 Å². The molecule has 1 aliphatic heterocycles. The minimum atomic E-state index is -3.80. The van der Waals surface area contributed by atoms with E-state index in [9.17, 15) is 12.8 Å². The van der Waals surface area contributed by atoms with Gasteiger partial charge in [-0.1, -0.05) is 18.5 Å². The van der Waals surface area contributed by atoms with E-state index >= 15 is 0 Å². The predicted octanol–water partition coefficient (Wildman–Crippen LogP) is 1.76. The molecule has 1 aromatic carbocycles. The van der Waals surface area contributed by atoms with E-state index in [4.69, 9.17) is 11.6 Å². The molecule has 0 bridgehead atoms. The highest BCUT2D eigenvalue weighted by molar-refractivity contribution is 7.89. The SMILES string of the molecule is CC1CNCCC1NS(=O)(=O)c1cc(F)ccc1Cl. The van der Waals surface area contributed by atoms with Crippen LogP contribution in [0.1, 0.15) is 13.3 Å². The van der Waals surface area contributed by atoms with Crippen molar-refractivity contribution in [1.82, 2.24) is 10.0 Å². The van der Waals surface area contributed by atoms with Crippen molar-refractivity contribution in [3.63, 3.8) is 0 Å². The van der Waals surface area contributed by atoms with Gasteiger partial charge in [0.2, 0.25) is 10.0 Å². The first-order valence-corrected chi connectivity index (χ1v) is 7.94. The summed E-state index contributed by atoms with van der Waals surface area (Å²) in [6.45, 7) is 3.48. The van der Waals surface area contributed by atoms with Crippen molar-refractivity contribution in [3.8, 4) is 0 Å². The molecule has 4 nitrogen and oxygen atoms in total. The van der Waals surface area contributed by atoms with Crippen LogP contribution in [0.5, 0.6) is 0 Å². The average Bonchev–Trinajstić information content (AvgIpc) is 2.35. The largest absolute Gasteiger partial charge is 0.316 e. The monoisotopic (exact) mass is 306 g/mol. The van der Waals surface area contributed by atoms with Crippen LogP contribution in [0.15, 0.2) is 23.1 Å². The van der Waals surface area contributed by atoms with Crippen LogP contribution in [-0.4, -0.2) is 27.5 Å². The molecule has 0 aliphatic carbocycles. The topological polar surface area (TPSA) is 58.2 Å². The van der Waals surface area contributed by atoms with E-state index in [1.807, 2.05) is 6.92 Å². The molecule has 2 unspecified atom stereocenters. The molecule has 0 aromatic heterocycles. The van der Waals surface area contributed by atoms with Gasteiger partial charge in [-0.05, 0) is 43.6 Å². The van der Waals surface area contributed by atoms with E-state index in [0.717, 1.165) is 25.2 Å². The van der Waals surface area contributed by atoms with Gasteiger partial charge in [-0.3, -0.25) is 0 Å². The van der Waals surface area contributed by atoms with Crippen LogP contribution in [-0.2, 0) is 10.0 Å². The molecule has 7 heteroatoms. The average molecular weight is 307 g/mol. The van der Waals surface area contributed by atoms with Crippen molar-refractivity contribution >= 4 is 21.6 Å². The Morgan fingerprint density at radius 1 is 1.47 bits per heavy atom. The first-order chi connectivity index (χ1) is 8.90. The van der Waals surface area contributed by atoms with Gasteiger partial charge in [0.15, 0.2) is 0 Å². The second kappa shape index (κ2) is 5.75. The van der Waals surface area contributed by atoms with Crippen LogP contribution in [0.25, 0.3) is 0 Å². The van der Waals surface area contributed by atoms with Gasteiger partial charge < -0.3 is 5.32 Å². The molecule has 0 radical (unpaired) electrons. The molecule has 106 valence electrons. The van der Waals surface area contributed by atoms with Crippen molar-refractivity contribution < 1.29 is 12.8 Å². The third kappa shape index (κ3) is 3.45. The number of hydrogen-bond acceptors (Lipinski definition) is 3. The molecule has 2 atom stereocenters. The molecule has 1 aliphatic rings. The van der Waals surface area contributed by atoms with Crippen LogP contribution in [0.3, 0.4) is 0 Å². The summed E-state index contributed by atoms with van der Waals surface area (Å²) in [5, 5.41) is 3.21. The first kappa shape index (κ1) is 14.7. The Kier molecular flexibility index (Phi) is 4.45. The number of halogens is 2. The molecular formula is C12H16ClFN2O2S. The molecule has 0 spiro atoms. The fraction of sp³-hybridized carbons (Fsp3) is 0.500. The van der Waals surface area contributed by atoms with Crippen LogP contribution in [0.2, 0.25) is 5.02 Å². The third-order valence-corrected chi connectivity index (χ3v) is 5.25. The van der Waals surface area contributed by atoms with E-state index in [0.29, 0.717) is 6.42 Å². The number of hydrogen-bond donors (Lipinski definition) is 2. The zero-order valence-corrected chi connectivity index (χ0v) is 12.1. The summed E-state index contributed by atoms with van der Waals surface area (Å²) in [7, 11) is -3.80. The van der Waals surface area contributed by atoms with E-state index < -0.39 is 15.8 Å². The highest BCUT2D eigenvalue weighted by atomic mass is 35.5. The van der Waals surface area contributed by atoms with Gasteiger partial charge >= 0.3 is 0 Å². The minimum Gasteiger partial charge on any atom is -0.316 e. The first-order valence-electron chi connectivity index (χ1n) is 6.08. The molecular weight excluding hydrogens is 291 g/mol. The van der Waals surface area contributed by atoms with Gasteiger partial charge in [0.25, 0.3) is 0 Å². The van der Waals surface area contributed by atoms with Crippen LogP contribution in [0.4, 0.5) is 4.39 Å². The summed E-state index contributed by atoms with van der Waals surface area (Å²) in [6.07, 6.45) is 0.702. The lowest BCUT2D eigenvalue weighted by Crippen LogP contribution is -2.48. The maximum absolute atomic E-state index is 13.2. The molecule has 0 saturated carbocycles. The molecule has 1 saturated heterocycles. The summed E-state index contributed by atoms with van der Waals surface area (Å²) in [5.74, 6) is -0.445. The third-order valence-electron chi connectivity index (χ3n) is 3.27. The Morgan fingerprint density at radius 3 is 2.89 bits per heavy atom. The fourth-order valence-corrected chi connectivity index (χ4v) is 4.03. The molecule has 0 amide bonds. The van der Waals surface area contributed by atoms with Gasteiger partial charge in [-0.15, -0.1) is 0 Å². The Hall–Kier alpha value is -0.690. The van der Waals surface area contributed by atoms with E-state index in [1.54, 1.807) is 0 Å². The highest BCUT2D eigenvalue weighted by Gasteiger charge is 2.28. The molecule has 2 rings (SSSR count). The quantitative estimate of drug-likeness (QED) is 0.894. The van der Waals surface area contributed by atoms with Crippen molar-refractivity contribution in [2.45, 2.75) is 24.3 Å². The zero-order valence-electron chi connectivity index (χ0n) is 10.5. The van der Waals surface area contributed by atoms with Crippen molar-refractivity contribution in [2.24, 2.45) is 5.92 Å². The predicted molar refractivity (Wildman–Crippen MR) is 72.2 cm³/mol. The lowest BCUT2D eigenvalue weighted by atomic mass is 9.97. The van der Waals surface area contributed by atoms with Gasteiger partial charge in [-0.2, -0.15) is 0 Å². The Labute approximate surface area is 117 Å². The highest BCUT2D eigenvalue weighted by Crippen LogP contribution is 2.23. The van der Waals surface area contributed by atoms with Crippen molar-refractivity contribution in [3.05, 3.63) is 29.0 Å². The summed E-state index contributed by atoms with van der Waals surface area (Å²) in [4.78, 5) is -0.208. The van der Waals surface area contributed by atoms with Gasteiger partial charge in [0.1, 0.15) is 10.7 Å². The summed E-state index contributed by atoms with van der Waals surface area (Å²) >= 11 is 5.84. The van der Waals surface area contributed by atoms with E-state index in [2.05, 4.69) is 10.0 Å². The van der Waals surface area contributed by atoms with Gasteiger partial charge in [0.05, 0.1) is 5.02 Å². The normalized spacial score (nSPS) is 24.4. The van der Waals surface area contributed by atoms with Crippen molar-refractivity contribution in [2.75, 3.05) is 13.1 Å². The van der Waals surface area contributed by atoms with Crippen LogP contribution in [0, 0.1) is 11.7 Å². The zero-order chi connectivity index (χ0) is 14.0. The summed E-state index contributed by atoms with van der Waals surface area (Å²) < 4.78 is 40.3. The number of benzene rings is 1. The lowest BCUT2D eigenvalue weighted by molar-refractivity contribution is 0.328. The summed E-state index contributed by atoms with van der Waals surface area (Å²) in [5.41, 5.74) is 0. The van der Waals surface area contributed by atoms with Gasteiger partial charge in [-0.25, -0.2) is 17.5 Å². The maximum atomic E-state index is 13.2. The minimum absolute atomic E-state index is 0.0236. The molecule has 1 fully saturated rings. The molecule has 19 heavy (non-hydrogen) atoms.